The van der Waals surface area contributed by atoms with Crippen LogP contribution in [0.4, 0.5) is 0 Å². The fraction of sp³-hybridized carbons (Fsp3) is 0.409. The van der Waals surface area contributed by atoms with Crippen molar-refractivity contribution in [1.29, 1.82) is 0 Å². The van der Waals surface area contributed by atoms with Gasteiger partial charge in [-0.15, -0.1) is 0 Å². The normalized spacial score (nSPS) is 30.6. The predicted octanol–water partition coefficient (Wildman–Crippen LogP) is -3.23. The van der Waals surface area contributed by atoms with Crippen molar-refractivity contribution >= 4 is 40.6 Å². The maximum atomic E-state index is 13.7. The molecule has 3 radical (unpaired) electrons. The van der Waals surface area contributed by atoms with Gasteiger partial charge in [-0.3, -0.25) is 19.3 Å². The van der Waals surface area contributed by atoms with Crippen molar-refractivity contribution in [3.8, 4) is 5.75 Å². The second-order valence-electron chi connectivity index (χ2n) is 8.96. The van der Waals surface area contributed by atoms with Crippen LogP contribution in [0.1, 0.15) is 24.5 Å². The number of nitrogens with two attached hydrogens (primary N) is 1. The lowest BCUT2D eigenvalue weighted by atomic mass is 9.54. The molecule has 14 heteroatoms. The van der Waals surface area contributed by atoms with Crippen molar-refractivity contribution in [3.63, 3.8) is 0 Å². The molecular formula is C22H30AlN2O11. The third-order valence-corrected chi connectivity index (χ3v) is 7.02. The molecule has 1 saturated carbocycles. The summed E-state index contributed by atoms with van der Waals surface area (Å²) in [7, 11) is 3.01. The van der Waals surface area contributed by atoms with E-state index in [9.17, 15) is 39.9 Å². The van der Waals surface area contributed by atoms with E-state index >= 15 is 0 Å². The molecule has 36 heavy (non-hydrogen) atoms. The highest BCUT2D eigenvalue weighted by atomic mass is 27.0. The number of carbonyl (C=O) groups is 3. The maximum Gasteiger partial charge on any atom is 0.255 e. The number of phenols is 1. The first kappa shape index (κ1) is 33.2. The Kier molecular flexibility index (Phi) is 9.49. The van der Waals surface area contributed by atoms with Crippen LogP contribution in [0.5, 0.6) is 5.75 Å². The summed E-state index contributed by atoms with van der Waals surface area (Å²) in [6.07, 6.45) is -0.200. The number of fused-ring (bicyclic) bond motifs is 3. The number of aliphatic hydroxyl groups excluding tert-OH is 2. The molecule has 1 fully saturated rings. The average Bonchev–Trinajstić information content (AvgIpc) is 2.68. The monoisotopic (exact) mass is 525 g/mol. The van der Waals surface area contributed by atoms with Crippen LogP contribution in [0, 0.1) is 11.8 Å². The Morgan fingerprint density at radius 3 is 2.14 bits per heavy atom. The lowest BCUT2D eigenvalue weighted by Gasteiger charge is -2.53. The average molecular weight is 525 g/mol. The molecule has 1 amide bonds. The van der Waals surface area contributed by atoms with E-state index in [1.165, 1.54) is 44.1 Å². The zero-order valence-electron chi connectivity index (χ0n) is 19.7. The van der Waals surface area contributed by atoms with Gasteiger partial charge in [-0.2, -0.15) is 0 Å². The molecule has 1 aromatic rings. The molecular weight excluding hydrogens is 495 g/mol. The number of likely N-dealkylation sites (N-methyl/N-ethyl adjacent to an activating group) is 1. The van der Waals surface area contributed by atoms with Gasteiger partial charge < -0.3 is 47.7 Å². The van der Waals surface area contributed by atoms with E-state index in [-0.39, 0.29) is 51.3 Å². The fourth-order valence-electron chi connectivity index (χ4n) is 5.50. The van der Waals surface area contributed by atoms with Gasteiger partial charge in [0.25, 0.3) is 5.91 Å². The number of hydrogen-bond acceptors (Lipinski definition) is 9. The zero-order valence-corrected chi connectivity index (χ0v) is 20.9. The molecule has 0 heterocycles. The number of phenolic OH excluding ortho intramolecular Hbond substituents is 1. The smallest absolute Gasteiger partial charge is 0.255 e. The number of hydrogen-bond donors (Lipinski definition) is 6. The van der Waals surface area contributed by atoms with Crippen LogP contribution >= 0.6 is 0 Å². The van der Waals surface area contributed by atoms with Crippen LogP contribution in [0.25, 0.3) is 5.76 Å². The molecule has 197 valence electrons. The molecule has 13 nitrogen and oxygen atoms in total. The summed E-state index contributed by atoms with van der Waals surface area (Å²) >= 11 is 0. The number of carbonyl (C=O) groups excluding carboxylic acids is 3. The second kappa shape index (κ2) is 10.3. The lowest BCUT2D eigenvalue weighted by Crippen LogP contribution is -2.67. The van der Waals surface area contributed by atoms with E-state index < -0.39 is 75.0 Å². The topological polar surface area (TPSA) is 276 Å². The first-order valence-electron chi connectivity index (χ1n) is 9.97. The molecule has 3 aliphatic rings. The summed E-state index contributed by atoms with van der Waals surface area (Å²) in [6, 6.07) is 3.02. The van der Waals surface area contributed by atoms with Gasteiger partial charge in [-0.05, 0) is 39.1 Å². The molecule has 3 aliphatic carbocycles. The third kappa shape index (κ3) is 3.92. The Morgan fingerprint density at radius 1 is 1.08 bits per heavy atom. The highest BCUT2D eigenvalue weighted by molar-refractivity contribution is 6.24. The Morgan fingerprint density at radius 2 is 1.64 bits per heavy atom. The molecule has 0 bridgehead atoms. The molecule has 5 unspecified atom stereocenters. The summed E-state index contributed by atoms with van der Waals surface area (Å²) in [4.78, 5) is 40.0. The highest BCUT2D eigenvalue weighted by Gasteiger charge is 2.66. The van der Waals surface area contributed by atoms with Gasteiger partial charge in [0, 0.05) is 34.8 Å². The van der Waals surface area contributed by atoms with Gasteiger partial charge in [0.2, 0.25) is 5.78 Å². The minimum Gasteiger partial charge on any atom is -0.508 e. The van der Waals surface area contributed by atoms with Crippen molar-refractivity contribution < 1.29 is 56.3 Å². The molecule has 4 rings (SSSR count). The van der Waals surface area contributed by atoms with Gasteiger partial charge in [-0.1, -0.05) is 12.1 Å². The Hall–Kier alpha value is -2.80. The summed E-state index contributed by atoms with van der Waals surface area (Å²) in [5, 5.41) is 54.9. The quantitative estimate of drug-likeness (QED) is 0.167. The Bertz CT molecular complexity index is 1160. The lowest BCUT2D eigenvalue weighted by molar-refractivity contribution is -0.159. The van der Waals surface area contributed by atoms with Crippen LogP contribution in [-0.4, -0.2) is 107 Å². The van der Waals surface area contributed by atoms with E-state index in [4.69, 9.17) is 5.73 Å². The largest absolute Gasteiger partial charge is 0.508 e. The first-order valence-corrected chi connectivity index (χ1v) is 9.97. The van der Waals surface area contributed by atoms with Crippen molar-refractivity contribution in [1.82, 2.24) is 4.90 Å². The summed E-state index contributed by atoms with van der Waals surface area (Å²) in [5.41, 5.74) is -0.548. The molecule has 5 atom stereocenters. The van der Waals surface area contributed by atoms with E-state index in [0.717, 1.165) is 0 Å². The van der Waals surface area contributed by atoms with E-state index in [1.54, 1.807) is 0 Å². The van der Waals surface area contributed by atoms with Crippen LogP contribution in [0.15, 0.2) is 35.1 Å². The van der Waals surface area contributed by atoms with Gasteiger partial charge in [0.1, 0.15) is 22.8 Å². The van der Waals surface area contributed by atoms with Crippen LogP contribution in [0.3, 0.4) is 0 Å². The van der Waals surface area contributed by atoms with Crippen molar-refractivity contribution in [3.05, 3.63) is 46.2 Å². The molecule has 0 saturated heterocycles. The number of rotatable bonds is 2. The van der Waals surface area contributed by atoms with E-state index in [2.05, 4.69) is 0 Å². The zero-order chi connectivity index (χ0) is 23.9. The van der Waals surface area contributed by atoms with Gasteiger partial charge >= 0.3 is 0 Å². The molecule has 0 aromatic heterocycles. The number of nitrogens with zero attached hydrogens (tertiary/aromatic N) is 1. The number of aliphatic hydroxyl groups is 4. The van der Waals surface area contributed by atoms with E-state index in [0.29, 0.717) is 0 Å². The van der Waals surface area contributed by atoms with Crippen LogP contribution in [-0.2, 0) is 20.0 Å². The summed E-state index contributed by atoms with van der Waals surface area (Å²) in [6.45, 7) is 1.40. The first-order chi connectivity index (χ1) is 14.8. The van der Waals surface area contributed by atoms with Gasteiger partial charge in [-0.25, -0.2) is 0 Å². The number of primary amides is 1. The number of benzene rings is 1. The third-order valence-electron chi connectivity index (χ3n) is 7.02. The number of Topliss-reactive ketones (excluding diaryl/α,β-unsaturated/α-hetero) is 2. The van der Waals surface area contributed by atoms with Crippen molar-refractivity contribution in [2.24, 2.45) is 17.6 Å². The van der Waals surface area contributed by atoms with Crippen molar-refractivity contribution in [2.45, 2.75) is 30.6 Å². The minimum absolute atomic E-state index is 0. The van der Waals surface area contributed by atoms with Crippen molar-refractivity contribution in [2.75, 3.05) is 14.1 Å². The Labute approximate surface area is 216 Å². The second-order valence-corrected chi connectivity index (χ2v) is 8.96. The predicted molar refractivity (Wildman–Crippen MR) is 127 cm³/mol. The molecule has 0 aliphatic heterocycles. The van der Waals surface area contributed by atoms with Crippen LogP contribution < -0.4 is 5.73 Å². The standard InChI is InChI=1S/C22H24N2O8.Al.3H2O/c1-21(31)8-5-4-6-11(25)12(8)16(26)13-9(21)7-10-15(24(2)3)17(27)14(20(23)30)19(29)22(10,32)18(13)28;;;;/h4-6,9-10,15,25-26,29,31-32H,7H2,1-3H3,(H2,23,30);;3*1H2. The summed E-state index contributed by atoms with van der Waals surface area (Å²) < 4.78 is 0. The molecule has 0 spiro atoms. The minimum atomic E-state index is -2.75. The summed E-state index contributed by atoms with van der Waals surface area (Å²) in [5.74, 6) is -7.90. The number of amides is 1. The van der Waals surface area contributed by atoms with E-state index in [1.807, 2.05) is 0 Å². The number of aromatic hydroxyl groups is 1. The molecule has 13 N–H and O–H groups in total. The fourth-order valence-corrected chi connectivity index (χ4v) is 5.50. The SMILES string of the molecule is CN(C)C1C(=O)C(C(N)=O)=C(O)C2(O)C(=O)C3=C(O)c4c(O)cccc4C(C)(O)C3CC12.O.O.O.[Al]. The maximum absolute atomic E-state index is 13.7. The number of ketones is 2. The van der Waals surface area contributed by atoms with Gasteiger partial charge in [0.05, 0.1) is 17.2 Å². The van der Waals surface area contributed by atoms with Crippen LogP contribution in [0.2, 0.25) is 0 Å². The highest BCUT2D eigenvalue weighted by Crippen LogP contribution is 2.57. The van der Waals surface area contributed by atoms with Gasteiger partial charge in [0.15, 0.2) is 11.4 Å². The molecule has 1 aromatic carbocycles. The Balaban J connectivity index is 0.00000306.